The van der Waals surface area contributed by atoms with Crippen molar-refractivity contribution >= 4 is 27.1 Å². The first-order valence-corrected chi connectivity index (χ1v) is 11.3. The Hall–Kier alpha value is -1.57. The van der Waals surface area contributed by atoms with Crippen molar-refractivity contribution in [3.63, 3.8) is 0 Å². The fourth-order valence-electron chi connectivity index (χ4n) is 3.06. The van der Waals surface area contributed by atoms with Crippen molar-refractivity contribution in [3.05, 3.63) is 34.7 Å². The lowest BCUT2D eigenvalue weighted by Crippen LogP contribution is -2.30. The third-order valence-electron chi connectivity index (χ3n) is 4.93. The van der Waals surface area contributed by atoms with Crippen LogP contribution in [-0.4, -0.2) is 36.6 Å². The van der Waals surface area contributed by atoms with Crippen LogP contribution in [0.25, 0.3) is 11.3 Å². The van der Waals surface area contributed by atoms with Crippen molar-refractivity contribution in [2.75, 3.05) is 13.1 Å². The van der Waals surface area contributed by atoms with Crippen LogP contribution in [0.2, 0.25) is 0 Å². The first-order chi connectivity index (χ1) is 12.5. The molecular weight excluding hydrogens is 368 g/mol. The predicted octanol–water partition coefficient (Wildman–Crippen LogP) is 3.75. The molecular formula is C19H24N2O3S2. The van der Waals surface area contributed by atoms with Gasteiger partial charge in [-0.15, -0.1) is 11.3 Å². The van der Waals surface area contributed by atoms with Gasteiger partial charge in [0.05, 0.1) is 17.0 Å². The standard InChI is InChI=1S/C19H24N2O3S2/c1-3-21(4-2)26(23,24)16-10-8-14(9-11-16)17-13-25-19(20-17)12-18(22)15-6-5-7-15/h8-11,13,15H,3-7,12H2,1-2H3. The number of thiazole rings is 1. The van der Waals surface area contributed by atoms with Gasteiger partial charge in [0.1, 0.15) is 10.8 Å². The van der Waals surface area contributed by atoms with Crippen molar-refractivity contribution in [1.82, 2.24) is 9.29 Å². The Labute approximate surface area is 159 Å². The lowest BCUT2D eigenvalue weighted by Gasteiger charge is -2.23. The van der Waals surface area contributed by atoms with E-state index in [1.807, 2.05) is 19.2 Å². The maximum Gasteiger partial charge on any atom is 0.243 e. The largest absolute Gasteiger partial charge is 0.299 e. The Morgan fingerprint density at radius 2 is 1.85 bits per heavy atom. The second-order valence-electron chi connectivity index (χ2n) is 6.51. The van der Waals surface area contributed by atoms with Crippen LogP contribution < -0.4 is 0 Å². The van der Waals surface area contributed by atoms with E-state index in [1.165, 1.54) is 15.6 Å². The van der Waals surface area contributed by atoms with E-state index in [-0.39, 0.29) is 11.7 Å². The van der Waals surface area contributed by atoms with E-state index < -0.39 is 10.0 Å². The van der Waals surface area contributed by atoms with Crippen LogP contribution in [-0.2, 0) is 21.2 Å². The monoisotopic (exact) mass is 392 g/mol. The third-order valence-corrected chi connectivity index (χ3v) is 7.84. The summed E-state index contributed by atoms with van der Waals surface area (Å²) in [4.78, 5) is 17.0. The molecule has 0 unspecified atom stereocenters. The molecule has 26 heavy (non-hydrogen) atoms. The molecule has 0 spiro atoms. The highest BCUT2D eigenvalue weighted by molar-refractivity contribution is 7.89. The molecule has 3 rings (SSSR count). The Morgan fingerprint density at radius 1 is 1.19 bits per heavy atom. The van der Waals surface area contributed by atoms with Gasteiger partial charge in [0.2, 0.25) is 10.0 Å². The fraction of sp³-hybridized carbons (Fsp3) is 0.474. The first-order valence-electron chi connectivity index (χ1n) is 9.03. The van der Waals surface area contributed by atoms with E-state index in [1.54, 1.807) is 24.3 Å². The van der Waals surface area contributed by atoms with Gasteiger partial charge in [0.25, 0.3) is 0 Å². The Kier molecular flexibility index (Phi) is 5.89. The van der Waals surface area contributed by atoms with Gasteiger partial charge in [-0.2, -0.15) is 4.31 Å². The van der Waals surface area contributed by atoms with Crippen molar-refractivity contribution < 1.29 is 13.2 Å². The number of ketones is 1. The number of aromatic nitrogens is 1. The second-order valence-corrected chi connectivity index (χ2v) is 9.39. The molecule has 1 aromatic heterocycles. The minimum Gasteiger partial charge on any atom is -0.299 e. The van der Waals surface area contributed by atoms with Crippen molar-refractivity contribution in [3.8, 4) is 11.3 Å². The molecule has 0 atom stereocenters. The quantitative estimate of drug-likeness (QED) is 0.686. The summed E-state index contributed by atoms with van der Waals surface area (Å²) >= 11 is 1.49. The van der Waals surface area contributed by atoms with Crippen LogP contribution in [0.1, 0.15) is 38.1 Å². The van der Waals surface area contributed by atoms with Crippen LogP contribution >= 0.6 is 11.3 Å². The Balaban J connectivity index is 1.74. The van der Waals surface area contributed by atoms with E-state index in [2.05, 4.69) is 4.98 Å². The zero-order valence-corrected chi connectivity index (χ0v) is 16.8. The van der Waals surface area contributed by atoms with Crippen molar-refractivity contribution in [2.45, 2.75) is 44.4 Å². The number of carbonyl (C=O) groups excluding carboxylic acids is 1. The van der Waals surface area contributed by atoms with Crippen LogP contribution in [0.5, 0.6) is 0 Å². The second kappa shape index (κ2) is 7.98. The van der Waals surface area contributed by atoms with Gasteiger partial charge >= 0.3 is 0 Å². The van der Waals surface area contributed by atoms with Crippen LogP contribution in [0.3, 0.4) is 0 Å². The van der Waals surface area contributed by atoms with Gasteiger partial charge in [0.15, 0.2) is 0 Å². The highest BCUT2D eigenvalue weighted by Crippen LogP contribution is 2.30. The summed E-state index contributed by atoms with van der Waals surface area (Å²) in [5.41, 5.74) is 1.65. The lowest BCUT2D eigenvalue weighted by molar-refractivity contribution is -0.124. The number of rotatable bonds is 8. The number of Topliss-reactive ketones (excluding diaryl/α,β-unsaturated/α-hetero) is 1. The number of nitrogens with zero attached hydrogens (tertiary/aromatic N) is 2. The molecule has 1 saturated carbocycles. The smallest absolute Gasteiger partial charge is 0.243 e. The summed E-state index contributed by atoms with van der Waals surface area (Å²) in [7, 11) is -3.45. The third kappa shape index (κ3) is 3.89. The Morgan fingerprint density at radius 3 is 2.38 bits per heavy atom. The number of carbonyl (C=O) groups is 1. The highest BCUT2D eigenvalue weighted by atomic mass is 32.2. The fourth-order valence-corrected chi connectivity index (χ4v) is 5.33. The summed E-state index contributed by atoms with van der Waals surface area (Å²) in [6, 6.07) is 6.81. The molecule has 0 saturated heterocycles. The van der Waals surface area contributed by atoms with Crippen LogP contribution in [0.4, 0.5) is 0 Å². The number of hydrogen-bond donors (Lipinski definition) is 0. The van der Waals surface area contributed by atoms with E-state index in [4.69, 9.17) is 0 Å². The molecule has 5 nitrogen and oxygen atoms in total. The average Bonchev–Trinajstić information content (AvgIpc) is 3.02. The molecule has 1 aromatic carbocycles. The normalized spacial score (nSPS) is 15.2. The molecule has 0 radical (unpaired) electrons. The molecule has 1 heterocycles. The average molecular weight is 393 g/mol. The molecule has 1 aliphatic rings. The molecule has 2 aromatic rings. The minimum atomic E-state index is -3.45. The topological polar surface area (TPSA) is 67.3 Å². The SMILES string of the molecule is CCN(CC)S(=O)(=O)c1ccc(-c2csc(CC(=O)C3CCC3)n2)cc1. The molecule has 0 aliphatic heterocycles. The van der Waals surface area contributed by atoms with Crippen molar-refractivity contribution in [1.29, 1.82) is 0 Å². The van der Waals surface area contributed by atoms with E-state index in [0.29, 0.717) is 24.4 Å². The van der Waals surface area contributed by atoms with E-state index in [9.17, 15) is 13.2 Å². The lowest BCUT2D eigenvalue weighted by atomic mass is 9.81. The molecule has 0 bridgehead atoms. The van der Waals surface area contributed by atoms with Gasteiger partial charge in [-0.1, -0.05) is 32.4 Å². The van der Waals surface area contributed by atoms with E-state index in [0.717, 1.165) is 35.5 Å². The van der Waals surface area contributed by atoms with Gasteiger partial charge in [0, 0.05) is 30.0 Å². The summed E-state index contributed by atoms with van der Waals surface area (Å²) in [5.74, 6) is 0.518. The zero-order valence-electron chi connectivity index (χ0n) is 15.1. The van der Waals surface area contributed by atoms with Gasteiger partial charge < -0.3 is 0 Å². The molecule has 0 amide bonds. The molecule has 140 valence electrons. The van der Waals surface area contributed by atoms with Crippen molar-refractivity contribution in [2.24, 2.45) is 5.92 Å². The maximum absolute atomic E-state index is 12.5. The maximum atomic E-state index is 12.5. The molecule has 1 fully saturated rings. The molecule has 0 N–H and O–H groups in total. The van der Waals surface area contributed by atoms with Gasteiger partial charge in [-0.25, -0.2) is 13.4 Å². The molecule has 7 heteroatoms. The number of benzene rings is 1. The van der Waals surface area contributed by atoms with Gasteiger partial charge in [-0.05, 0) is 25.0 Å². The van der Waals surface area contributed by atoms with E-state index >= 15 is 0 Å². The zero-order chi connectivity index (χ0) is 18.7. The summed E-state index contributed by atoms with van der Waals surface area (Å²) in [6.45, 7) is 4.56. The summed E-state index contributed by atoms with van der Waals surface area (Å²) in [6.07, 6.45) is 3.59. The van der Waals surface area contributed by atoms with Gasteiger partial charge in [-0.3, -0.25) is 4.79 Å². The number of sulfonamides is 1. The van der Waals surface area contributed by atoms with Crippen LogP contribution in [0, 0.1) is 5.92 Å². The molecule has 1 aliphatic carbocycles. The van der Waals surface area contributed by atoms with Crippen LogP contribution in [0.15, 0.2) is 34.5 Å². The predicted molar refractivity (Wildman–Crippen MR) is 104 cm³/mol. The summed E-state index contributed by atoms with van der Waals surface area (Å²) < 4.78 is 26.5. The first kappa shape index (κ1) is 19.2. The minimum absolute atomic E-state index is 0.229. The Bertz CT molecular complexity index is 864. The summed E-state index contributed by atoms with van der Waals surface area (Å²) in [5, 5.41) is 2.76. The highest BCUT2D eigenvalue weighted by Gasteiger charge is 2.26. The number of hydrogen-bond acceptors (Lipinski definition) is 5.